The molecule has 0 saturated heterocycles. The highest BCUT2D eigenvalue weighted by Crippen LogP contribution is 2.39. The van der Waals surface area contributed by atoms with E-state index in [0.717, 1.165) is 42.8 Å². The minimum atomic E-state index is -3.56. The Morgan fingerprint density at radius 2 is 2.17 bits per heavy atom. The summed E-state index contributed by atoms with van der Waals surface area (Å²) in [4.78, 5) is 14.9. The molecule has 0 fully saturated rings. The molecule has 0 aliphatic heterocycles. The predicted molar refractivity (Wildman–Crippen MR) is 88.3 cm³/mol. The zero-order chi connectivity index (χ0) is 17.5. The Morgan fingerprint density at radius 1 is 1.42 bits per heavy atom. The first-order chi connectivity index (χ1) is 11.3. The van der Waals surface area contributed by atoms with Crippen LogP contribution in [0.4, 0.5) is 4.39 Å². The lowest BCUT2D eigenvalue weighted by molar-refractivity contribution is -0.143. The van der Waals surface area contributed by atoms with Crippen LogP contribution in [0.5, 0.6) is 0 Å². The van der Waals surface area contributed by atoms with Crippen LogP contribution in [0, 0.1) is 5.82 Å². The lowest BCUT2D eigenvalue weighted by atomic mass is 9.85. The van der Waals surface area contributed by atoms with E-state index in [1.807, 2.05) is 0 Å². The number of aromatic nitrogens is 1. The van der Waals surface area contributed by atoms with E-state index in [1.165, 1.54) is 6.07 Å². The maximum atomic E-state index is 13.9. The van der Waals surface area contributed by atoms with Crippen molar-refractivity contribution in [1.82, 2.24) is 4.98 Å². The molecule has 1 aliphatic rings. The normalized spacial score (nSPS) is 17.7. The summed E-state index contributed by atoms with van der Waals surface area (Å²) in [5, 5.41) is 0.596. The van der Waals surface area contributed by atoms with Gasteiger partial charge in [0.2, 0.25) is 0 Å². The lowest BCUT2D eigenvalue weighted by Crippen LogP contribution is -2.15. The smallest absolute Gasteiger partial charge is 0.306 e. The molecular formula is C17H20FNO4S. The minimum absolute atomic E-state index is 0.0400. The number of halogens is 1. The van der Waals surface area contributed by atoms with Gasteiger partial charge in [0.25, 0.3) is 0 Å². The molecule has 2 aromatic rings. The first-order valence-corrected chi connectivity index (χ1v) is 9.90. The third-order valence-corrected chi connectivity index (χ3v) is 5.60. The van der Waals surface area contributed by atoms with E-state index < -0.39 is 15.7 Å². The molecule has 0 bridgehead atoms. The Hall–Kier alpha value is -1.89. The summed E-state index contributed by atoms with van der Waals surface area (Å²) in [5.74, 6) is -0.906. The molecule has 3 rings (SSSR count). The van der Waals surface area contributed by atoms with Crippen LogP contribution in [-0.2, 0) is 25.8 Å². The van der Waals surface area contributed by atoms with Gasteiger partial charge in [0.05, 0.1) is 23.4 Å². The number of carbonyl (C=O) groups is 1. The lowest BCUT2D eigenvalue weighted by Gasteiger charge is -2.21. The standard InChI is InChI=1S/C17H20FNO4S/c1-3-23-15(20)7-10-5-4-6-12-13-8-11(18)9-14(24(2,21)22)17(13)19-16(10)12/h8-10,19H,3-7H2,1-2H3. The van der Waals surface area contributed by atoms with Crippen molar-refractivity contribution in [3.8, 4) is 0 Å². The van der Waals surface area contributed by atoms with E-state index in [4.69, 9.17) is 4.74 Å². The summed E-state index contributed by atoms with van der Waals surface area (Å²) in [6.45, 7) is 2.09. The second kappa shape index (κ2) is 6.20. The molecule has 1 unspecified atom stereocenters. The van der Waals surface area contributed by atoms with Gasteiger partial charge in [-0.2, -0.15) is 0 Å². The van der Waals surface area contributed by atoms with Gasteiger partial charge in [0.1, 0.15) is 5.82 Å². The summed E-state index contributed by atoms with van der Waals surface area (Å²) in [6, 6.07) is 2.41. The maximum Gasteiger partial charge on any atom is 0.306 e. The van der Waals surface area contributed by atoms with Crippen LogP contribution < -0.4 is 0 Å². The van der Waals surface area contributed by atoms with E-state index in [-0.39, 0.29) is 23.2 Å². The van der Waals surface area contributed by atoms with Crippen LogP contribution in [0.25, 0.3) is 10.9 Å². The third kappa shape index (κ3) is 3.05. The Morgan fingerprint density at radius 3 is 2.83 bits per heavy atom. The molecule has 0 radical (unpaired) electrons. The fourth-order valence-corrected chi connectivity index (χ4v) is 4.37. The van der Waals surface area contributed by atoms with Gasteiger partial charge < -0.3 is 9.72 Å². The number of carbonyl (C=O) groups excluding carboxylic acids is 1. The molecular weight excluding hydrogens is 333 g/mol. The number of nitrogens with one attached hydrogen (secondary N) is 1. The number of aryl methyl sites for hydroxylation is 1. The Bertz CT molecular complexity index is 901. The quantitative estimate of drug-likeness (QED) is 0.857. The van der Waals surface area contributed by atoms with Gasteiger partial charge in [-0.25, -0.2) is 12.8 Å². The van der Waals surface area contributed by atoms with E-state index in [1.54, 1.807) is 6.92 Å². The molecule has 24 heavy (non-hydrogen) atoms. The van der Waals surface area contributed by atoms with Crippen molar-refractivity contribution in [1.29, 1.82) is 0 Å². The van der Waals surface area contributed by atoms with E-state index >= 15 is 0 Å². The van der Waals surface area contributed by atoms with Crippen molar-refractivity contribution >= 4 is 26.7 Å². The molecule has 1 atom stereocenters. The molecule has 5 nitrogen and oxygen atoms in total. The van der Waals surface area contributed by atoms with Crippen LogP contribution in [0.3, 0.4) is 0 Å². The fraction of sp³-hybridized carbons (Fsp3) is 0.471. The fourth-order valence-electron chi connectivity index (χ4n) is 3.51. The highest BCUT2D eigenvalue weighted by Gasteiger charge is 2.28. The van der Waals surface area contributed by atoms with Crippen molar-refractivity contribution < 1.29 is 22.3 Å². The van der Waals surface area contributed by atoms with Gasteiger partial charge in [-0.3, -0.25) is 4.79 Å². The van der Waals surface area contributed by atoms with Crippen molar-refractivity contribution in [2.75, 3.05) is 12.9 Å². The molecule has 1 aromatic carbocycles. The number of esters is 1. The Balaban J connectivity index is 2.14. The van der Waals surface area contributed by atoms with E-state index in [9.17, 15) is 17.6 Å². The van der Waals surface area contributed by atoms with Crippen molar-refractivity contribution in [2.24, 2.45) is 0 Å². The average Bonchev–Trinajstić information content (AvgIpc) is 2.85. The van der Waals surface area contributed by atoms with Crippen LogP contribution >= 0.6 is 0 Å². The Labute approximate surface area is 140 Å². The average molecular weight is 353 g/mol. The summed E-state index contributed by atoms with van der Waals surface area (Å²) >= 11 is 0. The highest BCUT2D eigenvalue weighted by molar-refractivity contribution is 7.91. The summed E-state index contributed by atoms with van der Waals surface area (Å²) in [7, 11) is -3.56. The van der Waals surface area contributed by atoms with Crippen LogP contribution in [0.2, 0.25) is 0 Å². The maximum absolute atomic E-state index is 13.9. The summed E-state index contributed by atoms with van der Waals surface area (Å²) < 4.78 is 42.9. The Kier molecular flexibility index (Phi) is 4.38. The van der Waals surface area contributed by atoms with Gasteiger partial charge in [0.15, 0.2) is 9.84 Å². The second-order valence-corrected chi connectivity index (χ2v) is 8.20. The first kappa shape index (κ1) is 17.0. The van der Waals surface area contributed by atoms with E-state index in [0.29, 0.717) is 17.5 Å². The van der Waals surface area contributed by atoms with Crippen molar-refractivity contribution in [2.45, 2.75) is 43.4 Å². The number of H-pyrrole nitrogens is 1. The van der Waals surface area contributed by atoms with Gasteiger partial charge in [-0.1, -0.05) is 0 Å². The van der Waals surface area contributed by atoms with Gasteiger partial charge in [-0.15, -0.1) is 0 Å². The molecule has 0 amide bonds. The molecule has 1 aliphatic carbocycles. The minimum Gasteiger partial charge on any atom is -0.466 e. The largest absolute Gasteiger partial charge is 0.466 e. The van der Waals surface area contributed by atoms with Crippen molar-refractivity contribution in [3.05, 3.63) is 29.2 Å². The number of hydrogen-bond acceptors (Lipinski definition) is 4. The van der Waals surface area contributed by atoms with Crippen LogP contribution in [-0.4, -0.2) is 32.2 Å². The number of hydrogen-bond donors (Lipinski definition) is 1. The SMILES string of the molecule is CCOC(=O)CC1CCCc2c1[nH]c1c(S(C)(=O)=O)cc(F)cc21. The molecule has 1 heterocycles. The number of fused-ring (bicyclic) bond motifs is 3. The predicted octanol–water partition coefficient (Wildman–Crippen LogP) is 3.08. The number of benzene rings is 1. The topological polar surface area (TPSA) is 76.2 Å². The number of rotatable bonds is 4. The number of aromatic amines is 1. The van der Waals surface area contributed by atoms with Gasteiger partial charge >= 0.3 is 5.97 Å². The molecule has 7 heteroatoms. The van der Waals surface area contributed by atoms with Crippen molar-refractivity contribution in [3.63, 3.8) is 0 Å². The van der Waals surface area contributed by atoms with Gasteiger partial charge in [0, 0.05) is 23.3 Å². The molecule has 0 spiro atoms. The summed E-state index contributed by atoms with van der Waals surface area (Å²) in [6.07, 6.45) is 3.73. The number of sulfone groups is 1. The highest BCUT2D eigenvalue weighted by atomic mass is 32.2. The number of ether oxygens (including phenoxy) is 1. The van der Waals surface area contributed by atoms with Gasteiger partial charge in [-0.05, 0) is 43.9 Å². The van der Waals surface area contributed by atoms with E-state index in [2.05, 4.69) is 4.98 Å². The van der Waals surface area contributed by atoms with Crippen LogP contribution in [0.15, 0.2) is 17.0 Å². The third-order valence-electron chi connectivity index (χ3n) is 4.48. The zero-order valence-corrected chi connectivity index (χ0v) is 14.5. The summed E-state index contributed by atoms with van der Waals surface area (Å²) in [5.41, 5.74) is 2.18. The molecule has 130 valence electrons. The zero-order valence-electron chi connectivity index (χ0n) is 13.7. The monoisotopic (exact) mass is 353 g/mol. The molecule has 1 aromatic heterocycles. The molecule has 1 N–H and O–H groups in total. The molecule has 0 saturated carbocycles. The first-order valence-electron chi connectivity index (χ1n) is 8.01. The van der Waals surface area contributed by atoms with Crippen LogP contribution in [0.1, 0.15) is 43.4 Å². The second-order valence-electron chi connectivity index (χ2n) is 6.21.